The molecule has 16 heavy (non-hydrogen) atoms. The number of benzene rings is 1. The van der Waals surface area contributed by atoms with Gasteiger partial charge in [0.15, 0.2) is 0 Å². The van der Waals surface area contributed by atoms with Crippen molar-refractivity contribution in [2.45, 2.75) is 16.1 Å². The van der Waals surface area contributed by atoms with Crippen LogP contribution in [0.3, 0.4) is 0 Å². The number of carboxylic acid groups (broad SMARTS) is 1. The SMILES string of the molecule is O=C(O)CC1(Sc2ccccc2F)CNC1. The average molecular weight is 241 g/mol. The van der Waals surface area contributed by atoms with Crippen LogP contribution in [0.4, 0.5) is 4.39 Å². The van der Waals surface area contributed by atoms with Gasteiger partial charge in [0.25, 0.3) is 0 Å². The second-order valence-corrected chi connectivity index (χ2v) is 5.40. The van der Waals surface area contributed by atoms with Crippen molar-refractivity contribution >= 4 is 17.7 Å². The molecule has 0 spiro atoms. The monoisotopic (exact) mass is 241 g/mol. The number of hydrogen-bond acceptors (Lipinski definition) is 3. The predicted octanol–water partition coefficient (Wildman–Crippen LogP) is 1.73. The van der Waals surface area contributed by atoms with Crippen LogP contribution in [0.5, 0.6) is 0 Å². The van der Waals surface area contributed by atoms with Gasteiger partial charge in [-0.3, -0.25) is 4.79 Å². The second kappa shape index (κ2) is 4.43. The van der Waals surface area contributed by atoms with Gasteiger partial charge in [0.1, 0.15) is 5.82 Å². The summed E-state index contributed by atoms with van der Waals surface area (Å²) in [6.45, 7) is 1.22. The number of nitrogens with one attached hydrogen (secondary N) is 1. The van der Waals surface area contributed by atoms with Crippen LogP contribution in [0.25, 0.3) is 0 Å². The summed E-state index contributed by atoms with van der Waals surface area (Å²) in [4.78, 5) is 11.3. The van der Waals surface area contributed by atoms with Crippen molar-refractivity contribution in [1.29, 1.82) is 0 Å². The third-order valence-corrected chi connectivity index (χ3v) is 3.95. The number of carboxylic acids is 1. The van der Waals surface area contributed by atoms with E-state index in [2.05, 4.69) is 5.32 Å². The second-order valence-electron chi connectivity index (χ2n) is 3.89. The summed E-state index contributed by atoms with van der Waals surface area (Å²) in [5.41, 5.74) is 0. The molecule has 1 aromatic rings. The standard InChI is InChI=1S/C11H12FNO2S/c12-8-3-1-2-4-9(8)16-11(5-10(14)15)6-13-7-11/h1-4,13H,5-7H2,(H,14,15). The van der Waals surface area contributed by atoms with Gasteiger partial charge < -0.3 is 10.4 Å². The molecule has 5 heteroatoms. The Morgan fingerprint density at radius 3 is 2.69 bits per heavy atom. The minimum atomic E-state index is -0.842. The molecule has 0 bridgehead atoms. The minimum absolute atomic E-state index is 0.0546. The van der Waals surface area contributed by atoms with Crippen molar-refractivity contribution in [2.24, 2.45) is 0 Å². The number of thioether (sulfide) groups is 1. The van der Waals surface area contributed by atoms with Crippen molar-refractivity contribution in [2.75, 3.05) is 13.1 Å². The largest absolute Gasteiger partial charge is 0.481 e. The van der Waals surface area contributed by atoms with Gasteiger partial charge in [-0.2, -0.15) is 0 Å². The van der Waals surface area contributed by atoms with Gasteiger partial charge in [-0.25, -0.2) is 4.39 Å². The normalized spacial score (nSPS) is 17.8. The fourth-order valence-corrected chi connectivity index (χ4v) is 3.00. The van der Waals surface area contributed by atoms with Crippen LogP contribution in [-0.4, -0.2) is 28.9 Å². The maximum Gasteiger partial charge on any atom is 0.304 e. The van der Waals surface area contributed by atoms with Crippen molar-refractivity contribution in [3.8, 4) is 0 Å². The van der Waals surface area contributed by atoms with Crippen molar-refractivity contribution in [1.82, 2.24) is 5.32 Å². The molecule has 1 saturated heterocycles. The highest BCUT2D eigenvalue weighted by Gasteiger charge is 2.40. The molecule has 1 aromatic carbocycles. The summed E-state index contributed by atoms with van der Waals surface area (Å²) in [5, 5.41) is 11.9. The molecule has 86 valence electrons. The van der Waals surface area contributed by atoms with Gasteiger partial charge in [-0.1, -0.05) is 12.1 Å². The summed E-state index contributed by atoms with van der Waals surface area (Å²) in [7, 11) is 0. The van der Waals surface area contributed by atoms with E-state index in [-0.39, 0.29) is 12.2 Å². The Morgan fingerprint density at radius 1 is 1.50 bits per heavy atom. The van der Waals surface area contributed by atoms with E-state index in [1.165, 1.54) is 17.8 Å². The Kier molecular flexibility index (Phi) is 3.16. The number of carbonyl (C=O) groups is 1. The first-order valence-corrected chi connectivity index (χ1v) is 5.79. The zero-order valence-corrected chi connectivity index (χ0v) is 9.39. The molecule has 0 amide bonds. The van der Waals surface area contributed by atoms with Gasteiger partial charge in [-0.15, -0.1) is 11.8 Å². The molecule has 2 rings (SSSR count). The molecule has 2 N–H and O–H groups in total. The van der Waals surface area contributed by atoms with Crippen LogP contribution in [0.1, 0.15) is 6.42 Å². The van der Waals surface area contributed by atoms with Crippen LogP contribution in [-0.2, 0) is 4.79 Å². The first-order chi connectivity index (χ1) is 7.61. The fourth-order valence-electron chi connectivity index (χ4n) is 1.67. The van der Waals surface area contributed by atoms with Crippen LogP contribution in [0.2, 0.25) is 0 Å². The van der Waals surface area contributed by atoms with E-state index in [0.29, 0.717) is 18.0 Å². The zero-order valence-electron chi connectivity index (χ0n) is 8.57. The highest BCUT2D eigenvalue weighted by atomic mass is 32.2. The molecule has 1 aliphatic rings. The smallest absolute Gasteiger partial charge is 0.304 e. The molecule has 1 heterocycles. The topological polar surface area (TPSA) is 49.3 Å². The average Bonchev–Trinajstić information content (AvgIpc) is 2.17. The van der Waals surface area contributed by atoms with E-state index in [1.807, 2.05) is 0 Å². The highest BCUT2D eigenvalue weighted by molar-refractivity contribution is 8.00. The van der Waals surface area contributed by atoms with E-state index >= 15 is 0 Å². The summed E-state index contributed by atoms with van der Waals surface area (Å²) in [5.74, 6) is -1.13. The maximum atomic E-state index is 13.4. The Bertz CT molecular complexity index is 407. The molecule has 1 fully saturated rings. The lowest BCUT2D eigenvalue weighted by Crippen LogP contribution is -2.58. The first kappa shape index (κ1) is 11.4. The molecular weight excluding hydrogens is 229 g/mol. The van der Waals surface area contributed by atoms with E-state index < -0.39 is 10.7 Å². The van der Waals surface area contributed by atoms with Crippen LogP contribution in [0, 0.1) is 5.82 Å². The van der Waals surface area contributed by atoms with Crippen LogP contribution < -0.4 is 5.32 Å². The lowest BCUT2D eigenvalue weighted by Gasteiger charge is -2.40. The third-order valence-electron chi connectivity index (χ3n) is 2.53. The molecule has 0 atom stereocenters. The Balaban J connectivity index is 2.13. The molecule has 3 nitrogen and oxygen atoms in total. The summed E-state index contributed by atoms with van der Waals surface area (Å²) >= 11 is 1.31. The molecule has 0 radical (unpaired) electrons. The minimum Gasteiger partial charge on any atom is -0.481 e. The van der Waals surface area contributed by atoms with Gasteiger partial charge in [0, 0.05) is 18.0 Å². The van der Waals surface area contributed by atoms with Gasteiger partial charge in [0.2, 0.25) is 0 Å². The summed E-state index contributed by atoms with van der Waals surface area (Å²) < 4.78 is 13.0. The fraction of sp³-hybridized carbons (Fsp3) is 0.364. The lowest BCUT2D eigenvalue weighted by atomic mass is 9.98. The van der Waals surface area contributed by atoms with Crippen LogP contribution in [0.15, 0.2) is 29.2 Å². The van der Waals surface area contributed by atoms with Gasteiger partial charge >= 0.3 is 5.97 Å². The van der Waals surface area contributed by atoms with Crippen LogP contribution >= 0.6 is 11.8 Å². The summed E-state index contributed by atoms with van der Waals surface area (Å²) in [6.07, 6.45) is 0.0546. The number of rotatable bonds is 4. The summed E-state index contributed by atoms with van der Waals surface area (Å²) in [6, 6.07) is 6.46. The number of hydrogen-bond donors (Lipinski definition) is 2. The molecule has 0 saturated carbocycles. The van der Waals surface area contributed by atoms with E-state index in [0.717, 1.165) is 0 Å². The zero-order chi connectivity index (χ0) is 11.6. The molecule has 0 aliphatic carbocycles. The Morgan fingerprint density at radius 2 is 2.19 bits per heavy atom. The van der Waals surface area contributed by atoms with Gasteiger partial charge in [0.05, 0.1) is 11.2 Å². The van der Waals surface area contributed by atoms with Crippen molar-refractivity contribution < 1.29 is 14.3 Å². The van der Waals surface area contributed by atoms with E-state index in [4.69, 9.17) is 5.11 Å². The van der Waals surface area contributed by atoms with Crippen molar-refractivity contribution in [3.05, 3.63) is 30.1 Å². The molecule has 0 unspecified atom stereocenters. The lowest BCUT2D eigenvalue weighted by molar-refractivity contribution is -0.138. The third kappa shape index (κ3) is 2.36. The predicted molar refractivity (Wildman–Crippen MR) is 60.1 cm³/mol. The van der Waals surface area contributed by atoms with Crippen molar-refractivity contribution in [3.63, 3.8) is 0 Å². The number of aliphatic carboxylic acids is 1. The molecular formula is C11H12FNO2S. The quantitative estimate of drug-likeness (QED) is 0.843. The number of halogens is 1. The highest BCUT2D eigenvalue weighted by Crippen LogP contribution is 2.39. The van der Waals surface area contributed by atoms with Gasteiger partial charge in [-0.05, 0) is 12.1 Å². The maximum absolute atomic E-state index is 13.4. The van der Waals surface area contributed by atoms with E-state index in [1.54, 1.807) is 18.2 Å². The molecule has 1 aliphatic heterocycles. The Hall–Kier alpha value is -1.07. The molecule has 0 aromatic heterocycles. The Labute approximate surface area is 97.0 Å². The first-order valence-electron chi connectivity index (χ1n) is 4.97. The van der Waals surface area contributed by atoms with E-state index in [9.17, 15) is 9.18 Å².